The fraction of sp³-hybridized carbons (Fsp3) is 0.804. The number of aliphatic hydroxyl groups excluding tert-OH is 2. The van der Waals surface area contributed by atoms with Crippen LogP contribution in [0.15, 0.2) is 48.6 Å². The Morgan fingerprint density at radius 2 is 1.00 bits per heavy atom. The van der Waals surface area contributed by atoms with Gasteiger partial charge in [-0.1, -0.05) is 198 Å². The predicted octanol–water partition coefficient (Wildman–Crippen LogP) is 14.3. The number of allylic oxidation sites excluding steroid dienone is 8. The third-order valence-corrected chi connectivity index (χ3v) is 10.9. The van der Waals surface area contributed by atoms with Gasteiger partial charge in [-0.2, -0.15) is 0 Å². The highest BCUT2D eigenvalue weighted by molar-refractivity contribution is 5.77. The number of hydrogen-bond acceptors (Lipinski definition) is 5. The van der Waals surface area contributed by atoms with Gasteiger partial charge in [-0.15, -0.1) is 0 Å². The summed E-state index contributed by atoms with van der Waals surface area (Å²) in [6.07, 6.45) is 53.1. The monoisotopic (exact) mass is 800 g/mol. The maximum Gasteiger partial charge on any atom is 0.306 e. The standard InChI is InChI=1S/C51H93NO5/c1-4-7-10-13-16-19-22-24-25-26-29-32-35-38-41-44-51(56)57-47(42-39-36-33-30-28-23-20-17-14-11-8-5-2)45-50(55)52-48(46-53)49(54)43-40-37-34-31-27-21-18-15-12-9-6-3/h8,11,16-17,19-20,22,24,47-49,53-54H,4-7,9-10,12-15,18,21,23,25-46H2,1-3H3,(H,52,55)/b11-8+,19-16+,20-17+,24-22+. The van der Waals surface area contributed by atoms with Gasteiger partial charge < -0.3 is 20.3 Å². The number of esters is 1. The van der Waals surface area contributed by atoms with Gasteiger partial charge >= 0.3 is 5.97 Å². The van der Waals surface area contributed by atoms with Gasteiger partial charge in [0.2, 0.25) is 5.91 Å². The molecule has 57 heavy (non-hydrogen) atoms. The van der Waals surface area contributed by atoms with E-state index < -0.39 is 18.2 Å². The van der Waals surface area contributed by atoms with Crippen molar-refractivity contribution in [3.8, 4) is 0 Å². The third kappa shape index (κ3) is 40.4. The summed E-state index contributed by atoms with van der Waals surface area (Å²) >= 11 is 0. The van der Waals surface area contributed by atoms with Crippen molar-refractivity contribution in [1.82, 2.24) is 5.32 Å². The van der Waals surface area contributed by atoms with Crippen molar-refractivity contribution in [2.75, 3.05) is 6.61 Å². The predicted molar refractivity (Wildman–Crippen MR) is 245 cm³/mol. The molecule has 0 aromatic rings. The molecular formula is C51H93NO5. The molecule has 0 aliphatic rings. The molecule has 3 atom stereocenters. The highest BCUT2D eigenvalue weighted by Crippen LogP contribution is 2.17. The van der Waals surface area contributed by atoms with Crippen LogP contribution in [0, 0.1) is 0 Å². The Bertz CT molecular complexity index is 988. The molecule has 0 saturated carbocycles. The first-order valence-electron chi connectivity index (χ1n) is 24.4. The summed E-state index contributed by atoms with van der Waals surface area (Å²) in [6.45, 7) is 6.33. The zero-order valence-electron chi connectivity index (χ0n) is 37.7. The molecule has 0 aromatic carbocycles. The van der Waals surface area contributed by atoms with E-state index in [1.165, 1.54) is 109 Å². The molecule has 0 heterocycles. The summed E-state index contributed by atoms with van der Waals surface area (Å²) in [5.41, 5.74) is 0. The molecule has 3 N–H and O–H groups in total. The highest BCUT2D eigenvalue weighted by atomic mass is 16.5. The Morgan fingerprint density at radius 1 is 0.544 bits per heavy atom. The fourth-order valence-corrected chi connectivity index (χ4v) is 7.22. The maximum atomic E-state index is 13.2. The average Bonchev–Trinajstić information content (AvgIpc) is 3.20. The number of hydrogen-bond donors (Lipinski definition) is 3. The molecule has 3 unspecified atom stereocenters. The molecular weight excluding hydrogens is 707 g/mol. The van der Waals surface area contributed by atoms with Crippen LogP contribution in [0.25, 0.3) is 0 Å². The van der Waals surface area contributed by atoms with Gasteiger partial charge in [0.1, 0.15) is 6.10 Å². The van der Waals surface area contributed by atoms with E-state index in [2.05, 4.69) is 74.7 Å². The quantitative estimate of drug-likeness (QED) is 0.0247. The Hall–Kier alpha value is -2.18. The number of unbranched alkanes of at least 4 members (excludes halogenated alkanes) is 24. The van der Waals surface area contributed by atoms with E-state index in [1.54, 1.807) is 0 Å². The third-order valence-electron chi connectivity index (χ3n) is 10.9. The SMILES string of the molecule is CC/C=C/C/C=C/CCCCCCCC(CC(=O)NC(CO)C(O)CCCCCCCCCCCCC)OC(=O)CCCCCCCC/C=C/C=C/CCCCC. The number of aliphatic hydroxyl groups is 2. The molecule has 6 nitrogen and oxygen atoms in total. The summed E-state index contributed by atoms with van der Waals surface area (Å²) < 4.78 is 5.91. The van der Waals surface area contributed by atoms with Crippen molar-refractivity contribution in [2.45, 2.75) is 257 Å². The lowest BCUT2D eigenvalue weighted by atomic mass is 10.0. The van der Waals surface area contributed by atoms with E-state index in [-0.39, 0.29) is 24.9 Å². The molecule has 332 valence electrons. The normalized spacial score (nSPS) is 13.7. The van der Waals surface area contributed by atoms with Crippen LogP contribution in [-0.4, -0.2) is 46.9 Å². The van der Waals surface area contributed by atoms with Crippen molar-refractivity contribution in [1.29, 1.82) is 0 Å². The lowest BCUT2D eigenvalue weighted by molar-refractivity contribution is -0.151. The second kappa shape index (κ2) is 44.9. The summed E-state index contributed by atoms with van der Waals surface area (Å²) in [6, 6.07) is -0.707. The Kier molecular flexibility index (Phi) is 43.2. The zero-order chi connectivity index (χ0) is 41.7. The zero-order valence-corrected chi connectivity index (χ0v) is 37.7. The minimum absolute atomic E-state index is 0.0633. The van der Waals surface area contributed by atoms with Crippen LogP contribution in [0.2, 0.25) is 0 Å². The van der Waals surface area contributed by atoms with Crippen molar-refractivity contribution in [3.05, 3.63) is 48.6 Å². The number of rotatable bonds is 43. The highest BCUT2D eigenvalue weighted by Gasteiger charge is 2.24. The average molecular weight is 800 g/mol. The summed E-state index contributed by atoms with van der Waals surface area (Å²) in [5, 5.41) is 23.7. The molecule has 0 bridgehead atoms. The molecule has 0 radical (unpaired) electrons. The van der Waals surface area contributed by atoms with Crippen molar-refractivity contribution < 1.29 is 24.5 Å². The minimum atomic E-state index is -0.792. The second-order valence-corrected chi connectivity index (χ2v) is 16.5. The van der Waals surface area contributed by atoms with Gasteiger partial charge in [0.05, 0.1) is 25.2 Å². The molecule has 0 saturated heterocycles. The van der Waals surface area contributed by atoms with Crippen molar-refractivity contribution in [2.24, 2.45) is 0 Å². The number of carbonyl (C=O) groups is 2. The van der Waals surface area contributed by atoms with Gasteiger partial charge in [0.15, 0.2) is 0 Å². The molecule has 6 heteroatoms. The molecule has 0 aliphatic heterocycles. The van der Waals surface area contributed by atoms with E-state index in [0.29, 0.717) is 19.3 Å². The van der Waals surface area contributed by atoms with Gasteiger partial charge in [0.25, 0.3) is 0 Å². The van der Waals surface area contributed by atoms with E-state index in [0.717, 1.165) is 83.5 Å². The van der Waals surface area contributed by atoms with E-state index in [1.807, 2.05) is 0 Å². The molecule has 0 spiro atoms. The lowest BCUT2D eigenvalue weighted by Gasteiger charge is -2.24. The van der Waals surface area contributed by atoms with Gasteiger partial charge in [-0.05, 0) is 77.0 Å². The lowest BCUT2D eigenvalue weighted by Crippen LogP contribution is -2.46. The Balaban J connectivity index is 4.60. The molecule has 0 rings (SSSR count). The van der Waals surface area contributed by atoms with E-state index in [4.69, 9.17) is 4.74 Å². The molecule has 0 aromatic heterocycles. The maximum absolute atomic E-state index is 13.2. The fourth-order valence-electron chi connectivity index (χ4n) is 7.22. The minimum Gasteiger partial charge on any atom is -0.462 e. The molecule has 1 amide bonds. The molecule has 0 aliphatic carbocycles. The van der Waals surface area contributed by atoms with Crippen LogP contribution in [0.1, 0.15) is 239 Å². The number of amides is 1. The number of ether oxygens (including phenoxy) is 1. The van der Waals surface area contributed by atoms with Crippen LogP contribution in [0.3, 0.4) is 0 Å². The van der Waals surface area contributed by atoms with Crippen LogP contribution in [-0.2, 0) is 14.3 Å². The number of carbonyl (C=O) groups excluding carboxylic acids is 2. The summed E-state index contributed by atoms with van der Waals surface area (Å²) in [4.78, 5) is 26.1. The Labute approximate surface area is 353 Å². The first-order valence-corrected chi connectivity index (χ1v) is 24.4. The summed E-state index contributed by atoms with van der Waals surface area (Å²) in [7, 11) is 0. The van der Waals surface area contributed by atoms with Crippen LogP contribution < -0.4 is 5.32 Å². The smallest absolute Gasteiger partial charge is 0.306 e. The van der Waals surface area contributed by atoms with Crippen LogP contribution >= 0.6 is 0 Å². The largest absolute Gasteiger partial charge is 0.462 e. The van der Waals surface area contributed by atoms with E-state index >= 15 is 0 Å². The van der Waals surface area contributed by atoms with Crippen LogP contribution in [0.4, 0.5) is 0 Å². The van der Waals surface area contributed by atoms with E-state index in [9.17, 15) is 19.8 Å². The molecule has 0 fully saturated rings. The van der Waals surface area contributed by atoms with Crippen molar-refractivity contribution in [3.63, 3.8) is 0 Å². The van der Waals surface area contributed by atoms with Crippen LogP contribution in [0.5, 0.6) is 0 Å². The Morgan fingerprint density at radius 3 is 1.56 bits per heavy atom. The topological polar surface area (TPSA) is 95.9 Å². The second-order valence-electron chi connectivity index (χ2n) is 16.5. The van der Waals surface area contributed by atoms with Crippen molar-refractivity contribution >= 4 is 11.9 Å². The van der Waals surface area contributed by atoms with Gasteiger partial charge in [-0.3, -0.25) is 9.59 Å². The van der Waals surface area contributed by atoms with Gasteiger partial charge in [-0.25, -0.2) is 0 Å². The van der Waals surface area contributed by atoms with Gasteiger partial charge in [0, 0.05) is 6.42 Å². The summed E-state index contributed by atoms with van der Waals surface area (Å²) in [5.74, 6) is -0.500. The number of nitrogens with one attached hydrogen (secondary N) is 1. The first kappa shape index (κ1) is 54.8. The first-order chi connectivity index (χ1) is 28.0.